The predicted molar refractivity (Wildman–Crippen MR) is 66.0 cm³/mol. The summed E-state index contributed by atoms with van der Waals surface area (Å²) < 4.78 is 0. The minimum Gasteiger partial charge on any atom is -0.367 e. The Morgan fingerprint density at radius 2 is 1.88 bits per heavy atom. The fraction of sp³-hybridized carbons (Fsp3) is 0.500. The molecule has 3 nitrogen and oxygen atoms in total. The normalized spacial score (nSPS) is 22.8. The summed E-state index contributed by atoms with van der Waals surface area (Å²) in [6.07, 6.45) is 0. The van der Waals surface area contributed by atoms with E-state index in [1.54, 1.807) is 5.06 Å². The van der Waals surface area contributed by atoms with Crippen molar-refractivity contribution in [2.75, 3.05) is 6.54 Å². The third kappa shape index (κ3) is 2.50. The van der Waals surface area contributed by atoms with Gasteiger partial charge in [0.05, 0.1) is 12.0 Å². The molecule has 2 rings (SSSR count). The lowest BCUT2D eigenvalue weighted by molar-refractivity contribution is -0.179. The van der Waals surface area contributed by atoms with Crippen LogP contribution in [0.5, 0.6) is 0 Å². The molecular formula is C14H19NO2. The summed E-state index contributed by atoms with van der Waals surface area (Å²) in [7, 11) is 0. The van der Waals surface area contributed by atoms with Crippen LogP contribution in [0.4, 0.5) is 0 Å². The fourth-order valence-corrected chi connectivity index (χ4v) is 2.11. The van der Waals surface area contributed by atoms with E-state index < -0.39 is 0 Å². The number of benzene rings is 1. The molecule has 3 heteroatoms. The molecule has 1 heterocycles. The molecule has 17 heavy (non-hydrogen) atoms. The van der Waals surface area contributed by atoms with Gasteiger partial charge in [0, 0.05) is 6.54 Å². The van der Waals surface area contributed by atoms with E-state index in [0.717, 1.165) is 0 Å². The van der Waals surface area contributed by atoms with Crippen LogP contribution in [-0.4, -0.2) is 17.6 Å². The maximum absolute atomic E-state index is 11.7. The van der Waals surface area contributed by atoms with E-state index in [1.165, 1.54) is 5.56 Å². The van der Waals surface area contributed by atoms with Gasteiger partial charge in [0.1, 0.15) is 0 Å². The average molecular weight is 233 g/mol. The van der Waals surface area contributed by atoms with Gasteiger partial charge in [-0.15, -0.1) is 5.06 Å². The SMILES string of the molecule is CC(C)[C@H]1CN([C@@H](C)c2ccccc2)OC1=O. The lowest BCUT2D eigenvalue weighted by Crippen LogP contribution is -2.24. The molecule has 0 N–H and O–H groups in total. The van der Waals surface area contributed by atoms with Gasteiger partial charge in [0.25, 0.3) is 0 Å². The van der Waals surface area contributed by atoms with Gasteiger partial charge in [-0.1, -0.05) is 44.2 Å². The minimum absolute atomic E-state index is 0.00108. The molecule has 0 unspecified atom stereocenters. The maximum Gasteiger partial charge on any atom is 0.329 e. The molecule has 0 spiro atoms. The first-order valence-electron chi connectivity index (χ1n) is 6.13. The Hall–Kier alpha value is -1.35. The van der Waals surface area contributed by atoms with Crippen molar-refractivity contribution in [2.24, 2.45) is 11.8 Å². The van der Waals surface area contributed by atoms with E-state index in [9.17, 15) is 4.79 Å². The van der Waals surface area contributed by atoms with Gasteiger partial charge in [-0.25, -0.2) is 4.79 Å². The highest BCUT2D eigenvalue weighted by atomic mass is 16.7. The van der Waals surface area contributed by atoms with Gasteiger partial charge in [-0.2, -0.15) is 0 Å². The Morgan fingerprint density at radius 1 is 1.24 bits per heavy atom. The van der Waals surface area contributed by atoms with Gasteiger partial charge in [0.15, 0.2) is 0 Å². The first-order chi connectivity index (χ1) is 8.09. The average Bonchev–Trinajstić information content (AvgIpc) is 2.71. The quantitative estimate of drug-likeness (QED) is 0.804. The molecule has 92 valence electrons. The highest BCUT2D eigenvalue weighted by Gasteiger charge is 2.37. The number of nitrogens with zero attached hydrogens (tertiary/aromatic N) is 1. The summed E-state index contributed by atoms with van der Waals surface area (Å²) in [5.41, 5.74) is 1.17. The van der Waals surface area contributed by atoms with Crippen LogP contribution >= 0.6 is 0 Å². The predicted octanol–water partition coefficient (Wildman–Crippen LogP) is 2.79. The summed E-state index contributed by atoms with van der Waals surface area (Å²) in [6, 6.07) is 10.2. The standard InChI is InChI=1S/C14H19NO2/c1-10(2)13-9-15(17-14(13)16)11(3)12-7-5-4-6-8-12/h4-8,10-11,13H,9H2,1-3H3/t11-,13+/m0/s1. The molecule has 1 aliphatic rings. The Labute approximate surface area is 102 Å². The molecule has 1 aliphatic heterocycles. The van der Waals surface area contributed by atoms with Crippen LogP contribution in [0.2, 0.25) is 0 Å². The maximum atomic E-state index is 11.7. The number of hydrogen-bond donors (Lipinski definition) is 0. The molecule has 1 aromatic rings. The monoisotopic (exact) mass is 233 g/mol. The van der Waals surface area contributed by atoms with Crippen molar-refractivity contribution >= 4 is 5.97 Å². The van der Waals surface area contributed by atoms with Crippen LogP contribution < -0.4 is 0 Å². The van der Waals surface area contributed by atoms with E-state index in [0.29, 0.717) is 12.5 Å². The van der Waals surface area contributed by atoms with Gasteiger partial charge in [-0.05, 0) is 18.4 Å². The van der Waals surface area contributed by atoms with Gasteiger partial charge < -0.3 is 4.84 Å². The highest BCUT2D eigenvalue weighted by molar-refractivity contribution is 5.74. The van der Waals surface area contributed by atoms with Crippen molar-refractivity contribution < 1.29 is 9.63 Å². The van der Waals surface area contributed by atoms with E-state index >= 15 is 0 Å². The zero-order chi connectivity index (χ0) is 12.4. The molecule has 0 amide bonds. The summed E-state index contributed by atoms with van der Waals surface area (Å²) in [5.74, 6) is 0.236. The molecular weight excluding hydrogens is 214 g/mol. The van der Waals surface area contributed by atoms with Crippen molar-refractivity contribution in [3.8, 4) is 0 Å². The minimum atomic E-state index is -0.0946. The third-order valence-corrected chi connectivity index (χ3v) is 3.41. The molecule has 0 aliphatic carbocycles. The Balaban J connectivity index is 2.08. The van der Waals surface area contributed by atoms with Crippen LogP contribution in [0.25, 0.3) is 0 Å². The van der Waals surface area contributed by atoms with Crippen molar-refractivity contribution in [1.82, 2.24) is 5.06 Å². The van der Waals surface area contributed by atoms with E-state index in [1.807, 2.05) is 18.2 Å². The number of hydroxylamine groups is 2. The van der Waals surface area contributed by atoms with Crippen LogP contribution in [0.15, 0.2) is 30.3 Å². The first kappa shape index (κ1) is 12.1. The largest absolute Gasteiger partial charge is 0.367 e. The van der Waals surface area contributed by atoms with Crippen molar-refractivity contribution in [3.63, 3.8) is 0 Å². The second-order valence-corrected chi connectivity index (χ2v) is 4.95. The number of rotatable bonds is 3. The molecule has 0 saturated carbocycles. The van der Waals surface area contributed by atoms with Gasteiger partial charge >= 0.3 is 5.97 Å². The topological polar surface area (TPSA) is 29.5 Å². The second kappa shape index (κ2) is 4.88. The fourth-order valence-electron chi connectivity index (χ4n) is 2.11. The Bertz CT molecular complexity index is 388. The first-order valence-corrected chi connectivity index (χ1v) is 6.13. The molecule has 1 aromatic carbocycles. The smallest absolute Gasteiger partial charge is 0.329 e. The number of carbonyl (C=O) groups is 1. The van der Waals surface area contributed by atoms with E-state index in [2.05, 4.69) is 32.9 Å². The molecule has 0 aromatic heterocycles. The number of hydrogen-bond acceptors (Lipinski definition) is 3. The van der Waals surface area contributed by atoms with E-state index in [-0.39, 0.29) is 17.9 Å². The highest BCUT2D eigenvalue weighted by Crippen LogP contribution is 2.29. The number of carbonyl (C=O) groups excluding carboxylic acids is 1. The lowest BCUT2D eigenvalue weighted by Gasteiger charge is -2.21. The van der Waals surface area contributed by atoms with Crippen molar-refractivity contribution in [2.45, 2.75) is 26.8 Å². The summed E-state index contributed by atoms with van der Waals surface area (Å²) in [4.78, 5) is 17.0. The van der Waals surface area contributed by atoms with Crippen LogP contribution in [0.3, 0.4) is 0 Å². The zero-order valence-corrected chi connectivity index (χ0v) is 10.6. The molecule has 0 radical (unpaired) electrons. The van der Waals surface area contributed by atoms with Crippen LogP contribution in [0.1, 0.15) is 32.4 Å². The third-order valence-electron chi connectivity index (χ3n) is 3.41. The van der Waals surface area contributed by atoms with E-state index in [4.69, 9.17) is 4.84 Å². The second-order valence-electron chi connectivity index (χ2n) is 4.95. The van der Waals surface area contributed by atoms with Crippen LogP contribution in [-0.2, 0) is 9.63 Å². The molecule has 1 fully saturated rings. The summed E-state index contributed by atoms with van der Waals surface area (Å²) >= 11 is 0. The van der Waals surface area contributed by atoms with Gasteiger partial charge in [0.2, 0.25) is 0 Å². The zero-order valence-electron chi connectivity index (χ0n) is 10.6. The lowest BCUT2D eigenvalue weighted by atomic mass is 9.96. The van der Waals surface area contributed by atoms with Crippen LogP contribution in [0, 0.1) is 11.8 Å². The molecule has 0 bridgehead atoms. The summed E-state index contributed by atoms with van der Waals surface area (Å²) in [6.45, 7) is 6.86. The van der Waals surface area contributed by atoms with Crippen molar-refractivity contribution in [1.29, 1.82) is 0 Å². The molecule has 2 atom stereocenters. The molecule has 1 saturated heterocycles. The van der Waals surface area contributed by atoms with Gasteiger partial charge in [-0.3, -0.25) is 0 Å². The van der Waals surface area contributed by atoms with Crippen molar-refractivity contribution in [3.05, 3.63) is 35.9 Å². The summed E-state index contributed by atoms with van der Waals surface area (Å²) in [5, 5.41) is 1.79. The Kier molecular flexibility index (Phi) is 3.48. The Morgan fingerprint density at radius 3 is 2.41 bits per heavy atom.